The van der Waals surface area contributed by atoms with Gasteiger partial charge in [0.1, 0.15) is 146 Å². The molecular weight excluding hydrogens is 1320 g/mol. The predicted molar refractivity (Wildman–Crippen MR) is 332 cm³/mol. The van der Waals surface area contributed by atoms with E-state index in [9.17, 15) is 90.4 Å². The van der Waals surface area contributed by atoms with Crippen molar-refractivity contribution in [1.82, 2.24) is 26.6 Å². The number of benzene rings is 1. The molecule has 6 saturated heterocycles. The number of aliphatic hydroxyl groups excluding tert-OH is 13. The largest absolute Gasteiger partial charge is 0.494 e. The van der Waals surface area contributed by atoms with Gasteiger partial charge in [-0.1, -0.05) is 32.3 Å². The Morgan fingerprint density at radius 2 is 0.899 bits per heavy atom. The predicted octanol–water partition coefficient (Wildman–Crippen LogP) is -7.27. The van der Waals surface area contributed by atoms with Gasteiger partial charge in [0, 0.05) is 53.2 Å². The molecule has 18 N–H and O–H groups in total. The Morgan fingerprint density at radius 1 is 0.465 bits per heavy atom. The molecule has 7 rings (SSSR count). The Balaban J connectivity index is 1.07. The van der Waals surface area contributed by atoms with Gasteiger partial charge in [-0.3, -0.25) is 24.0 Å². The summed E-state index contributed by atoms with van der Waals surface area (Å²) in [5.74, 6) is 2.59. The first-order valence-corrected chi connectivity index (χ1v) is 33.0. The minimum absolute atomic E-state index is 0.0342. The first kappa shape index (κ1) is 81.2. The normalized spacial score (nSPS) is 39.4. The number of hydrogen-bond donors (Lipinski definition) is 18. The molecule has 0 aromatic heterocycles. The van der Waals surface area contributed by atoms with Crippen LogP contribution in [-0.2, 0) is 76.0 Å². The summed E-state index contributed by atoms with van der Waals surface area (Å²) in [6, 6.07) is -2.53. The topological polar surface area (TPSA) is 528 Å². The molecule has 6 aliphatic rings. The molecule has 6 aliphatic heterocycles. The maximum atomic E-state index is 13.9. The number of methoxy groups -OCH3 is 1. The molecule has 36 heteroatoms. The van der Waals surface area contributed by atoms with Crippen molar-refractivity contribution in [3.8, 4) is 17.6 Å². The summed E-state index contributed by atoms with van der Waals surface area (Å²) >= 11 is 0. The fourth-order valence-electron chi connectivity index (χ4n) is 12.5. The van der Waals surface area contributed by atoms with Crippen molar-refractivity contribution in [3.05, 3.63) is 29.8 Å². The zero-order valence-corrected chi connectivity index (χ0v) is 56.0. The van der Waals surface area contributed by atoms with Crippen LogP contribution in [0, 0.1) is 11.8 Å². The first-order chi connectivity index (χ1) is 47.2. The number of ether oxygens (including phenoxy) is 13. The van der Waals surface area contributed by atoms with Gasteiger partial charge in [0.25, 0.3) is 5.91 Å². The van der Waals surface area contributed by atoms with Gasteiger partial charge >= 0.3 is 0 Å². The maximum absolute atomic E-state index is 13.9. The van der Waals surface area contributed by atoms with E-state index in [4.69, 9.17) is 61.6 Å². The maximum Gasteiger partial charge on any atom is 0.251 e. The van der Waals surface area contributed by atoms with Crippen molar-refractivity contribution >= 4 is 29.5 Å². The SMILES string of the molecule is CCCCCCC#CCCCOc1cccc(C(=O)N[C@@H]2C(O[C@@H]3C(CO)O[C@@H](OC4C(CO)O[C@@H](O[C@@H]5C(CO)OC(OC6C(COC7OC(C)[C@@H](O)[C@@H](O)[C@H]7OC)OC(O)[C@@H](NC(C)=O)[C@H]6O)C(NC(C)=O)C5O)[C@@H](NC(C)=O)[C@H]4O)C(NC(C)=O)C3O)OC(CO)[C@@H](O)[C@@H]2O)c1. The van der Waals surface area contributed by atoms with Gasteiger partial charge in [-0.25, -0.2) is 0 Å². The lowest BCUT2D eigenvalue weighted by Crippen LogP contribution is -2.72. The van der Waals surface area contributed by atoms with E-state index in [0.29, 0.717) is 18.6 Å². The van der Waals surface area contributed by atoms with Crippen LogP contribution in [0.25, 0.3) is 0 Å². The molecule has 562 valence electrons. The number of nitrogens with one attached hydrogen (secondary N) is 5. The highest BCUT2D eigenvalue weighted by Gasteiger charge is 2.58. The average molecular weight is 1420 g/mol. The van der Waals surface area contributed by atoms with Crippen LogP contribution in [0.5, 0.6) is 5.75 Å². The van der Waals surface area contributed by atoms with Crippen LogP contribution in [0.4, 0.5) is 0 Å². The van der Waals surface area contributed by atoms with E-state index in [2.05, 4.69) is 45.3 Å². The van der Waals surface area contributed by atoms with Crippen LogP contribution >= 0.6 is 0 Å². The van der Waals surface area contributed by atoms with Crippen LogP contribution in [0.3, 0.4) is 0 Å². The quantitative estimate of drug-likeness (QED) is 0.0251. The van der Waals surface area contributed by atoms with Gasteiger partial charge in [-0.15, -0.1) is 11.8 Å². The van der Waals surface area contributed by atoms with E-state index in [1.54, 1.807) is 12.1 Å². The van der Waals surface area contributed by atoms with Gasteiger partial charge in [-0.2, -0.15) is 0 Å². The summed E-state index contributed by atoms with van der Waals surface area (Å²) in [6.07, 6.45) is -37.0. The third kappa shape index (κ3) is 20.9. The lowest BCUT2D eigenvalue weighted by Gasteiger charge is -2.51. The highest BCUT2D eigenvalue weighted by molar-refractivity contribution is 5.94. The Morgan fingerprint density at radius 3 is 1.35 bits per heavy atom. The summed E-state index contributed by atoms with van der Waals surface area (Å²) in [7, 11) is 1.21. The van der Waals surface area contributed by atoms with Crippen molar-refractivity contribution in [3.63, 3.8) is 0 Å². The van der Waals surface area contributed by atoms with E-state index >= 15 is 0 Å². The molecule has 0 spiro atoms. The molecule has 6 heterocycles. The Labute approximate surface area is 571 Å². The number of amides is 5. The van der Waals surface area contributed by atoms with Gasteiger partial charge < -0.3 is 155 Å². The number of aliphatic hydroxyl groups is 13. The second-order valence-corrected chi connectivity index (χ2v) is 25.1. The molecule has 0 radical (unpaired) electrons. The molecular formula is C63H99N5O31. The van der Waals surface area contributed by atoms with Gasteiger partial charge in [-0.05, 0) is 38.0 Å². The van der Waals surface area contributed by atoms with E-state index in [-0.39, 0.29) is 12.2 Å². The number of hydrogen-bond acceptors (Lipinski definition) is 31. The Hall–Kier alpha value is -5.07. The molecule has 6 fully saturated rings. The number of carbonyl (C=O) groups excluding carboxylic acids is 5. The highest BCUT2D eigenvalue weighted by Crippen LogP contribution is 2.37. The highest BCUT2D eigenvalue weighted by atomic mass is 16.8. The van der Waals surface area contributed by atoms with Crippen molar-refractivity contribution < 1.29 is 152 Å². The van der Waals surface area contributed by atoms with Crippen molar-refractivity contribution in [1.29, 1.82) is 0 Å². The molecule has 0 aliphatic carbocycles. The van der Waals surface area contributed by atoms with E-state index < -0.39 is 246 Å². The minimum Gasteiger partial charge on any atom is -0.494 e. The van der Waals surface area contributed by atoms with E-state index in [1.165, 1.54) is 26.2 Å². The smallest absolute Gasteiger partial charge is 0.251 e. The zero-order valence-electron chi connectivity index (χ0n) is 56.0. The lowest BCUT2D eigenvalue weighted by molar-refractivity contribution is -0.368. The number of unbranched alkanes of at least 4 members (excludes halogenated alkanes) is 5. The van der Waals surface area contributed by atoms with Gasteiger partial charge in [0.2, 0.25) is 23.6 Å². The molecule has 1 aromatic carbocycles. The van der Waals surface area contributed by atoms with Crippen LogP contribution in [0.1, 0.15) is 96.8 Å². The Kier molecular flexibility index (Phi) is 31.5. The Bertz CT molecular complexity index is 2790. The second kappa shape index (κ2) is 38.4. The standard InChI is InChI=1S/C63H99N5O31/c1-8-9-10-11-12-13-14-15-16-20-88-33-19-17-18-32(21-33)57(85)68-40-46(79)45(78)34(22-69)92-59(40)96-52-35(23-70)93-60(41(48(52)81)65-29(4)74)97-53-36(24-71)94-61(42(49(53)82)66-30(5)75)98-54-37(25-72)95-62(43(50(54)83)67-31(6)76)99-55-38(91-58(86)39(47(55)80)64-28(3)73)26-89-63-56(87-7)51(84)44(77)27(2)90-63/h17-19,21,27,34-56,58-63,69-72,77-84,86H,8-12,15-16,20,22-26H2,1-7H3,(H,64,73)(H,65,74)(H,66,75)(H,67,76)(H,68,85)/t27?,34?,35?,36?,37?,38?,39-,40-,41?,42-,43?,44+,45+,46+,47+,48?,49+,50?,51+,52+,53?,54+,55?,56+,58?,59?,60-,61-,62?,63?/m0/s1. The number of carbonyl (C=O) groups is 5. The van der Waals surface area contributed by atoms with Gasteiger partial charge in [0.05, 0.1) is 45.7 Å². The van der Waals surface area contributed by atoms with Gasteiger partial charge in [0.15, 0.2) is 37.7 Å². The van der Waals surface area contributed by atoms with Crippen molar-refractivity contribution in [2.45, 2.75) is 270 Å². The first-order valence-electron chi connectivity index (χ1n) is 33.0. The molecule has 16 unspecified atom stereocenters. The van der Waals surface area contributed by atoms with Crippen LogP contribution in [0.2, 0.25) is 0 Å². The molecule has 5 amide bonds. The lowest BCUT2D eigenvalue weighted by atomic mass is 9.93. The molecule has 99 heavy (non-hydrogen) atoms. The third-order valence-corrected chi connectivity index (χ3v) is 17.6. The molecule has 0 saturated carbocycles. The average Bonchev–Trinajstić information content (AvgIpc) is 0.791. The summed E-state index contributed by atoms with van der Waals surface area (Å²) in [5.41, 5.74) is 0.0342. The minimum atomic E-state index is -2.07. The third-order valence-electron chi connectivity index (χ3n) is 17.6. The van der Waals surface area contributed by atoms with E-state index in [0.717, 1.165) is 59.8 Å². The summed E-state index contributed by atoms with van der Waals surface area (Å²) in [4.78, 5) is 65.1. The van der Waals surface area contributed by atoms with Crippen LogP contribution in [-0.4, -0.2) is 327 Å². The summed E-state index contributed by atoms with van der Waals surface area (Å²) < 4.78 is 77.9. The molecule has 30 atom stereocenters. The van der Waals surface area contributed by atoms with Crippen LogP contribution in [0.15, 0.2) is 24.3 Å². The summed E-state index contributed by atoms with van der Waals surface area (Å²) in [5, 5.41) is 158. The zero-order chi connectivity index (χ0) is 72.5. The van der Waals surface area contributed by atoms with E-state index in [1.807, 2.05) is 0 Å². The fourth-order valence-corrected chi connectivity index (χ4v) is 12.5. The second-order valence-electron chi connectivity index (χ2n) is 25.1. The molecule has 0 bridgehead atoms. The van der Waals surface area contributed by atoms with Crippen molar-refractivity contribution in [2.75, 3.05) is 46.8 Å². The summed E-state index contributed by atoms with van der Waals surface area (Å²) in [6.45, 7) is 3.43. The fraction of sp³-hybridized carbons (Fsp3) is 0.794. The molecule has 1 aromatic rings. The number of rotatable bonds is 30. The molecule has 36 nitrogen and oxygen atoms in total. The monoisotopic (exact) mass is 1420 g/mol. The van der Waals surface area contributed by atoms with Crippen LogP contribution < -0.4 is 31.3 Å². The van der Waals surface area contributed by atoms with Crippen molar-refractivity contribution in [2.24, 2.45) is 0 Å².